The van der Waals surface area contributed by atoms with E-state index in [1.165, 1.54) is 5.56 Å². The van der Waals surface area contributed by atoms with Gasteiger partial charge in [-0.2, -0.15) is 0 Å². The molecule has 0 radical (unpaired) electrons. The lowest BCUT2D eigenvalue weighted by Gasteiger charge is -2.19. The normalized spacial score (nSPS) is 10.4. The van der Waals surface area contributed by atoms with Crippen molar-refractivity contribution in [2.24, 2.45) is 0 Å². The van der Waals surface area contributed by atoms with Gasteiger partial charge in [-0.25, -0.2) is 0 Å². The predicted octanol–water partition coefficient (Wildman–Crippen LogP) is 5.28. The monoisotopic (exact) mass is 385 g/mol. The molecule has 1 amide bonds. The molecule has 0 aliphatic rings. The third kappa shape index (κ3) is 4.54. The Bertz CT molecular complexity index is 916. The Kier molecular flexibility index (Phi) is 5.76. The van der Waals surface area contributed by atoms with Gasteiger partial charge in [-0.05, 0) is 35.9 Å². The van der Waals surface area contributed by atoms with Crippen molar-refractivity contribution in [1.82, 2.24) is 4.98 Å². The number of nitrogens with zero attached hydrogens (tertiary/aromatic N) is 2. The standard InChI is InChI=1S/C20H17Cl2N3O/c1-25(13-14-5-3-2-4-6-14)16-9-10-23-19(12-16)20(26)24-18-11-15(21)7-8-17(18)22/h2-12H,13H2,1H3,(H,24,26). The van der Waals surface area contributed by atoms with E-state index in [-0.39, 0.29) is 5.91 Å². The molecule has 0 saturated heterocycles. The minimum atomic E-state index is -0.343. The number of amides is 1. The maximum absolute atomic E-state index is 12.5. The predicted molar refractivity (Wildman–Crippen MR) is 107 cm³/mol. The zero-order chi connectivity index (χ0) is 18.5. The molecule has 0 spiro atoms. The highest BCUT2D eigenvalue weighted by Gasteiger charge is 2.12. The van der Waals surface area contributed by atoms with Gasteiger partial charge >= 0.3 is 0 Å². The van der Waals surface area contributed by atoms with Gasteiger partial charge < -0.3 is 10.2 Å². The van der Waals surface area contributed by atoms with Crippen LogP contribution in [0.1, 0.15) is 16.1 Å². The summed E-state index contributed by atoms with van der Waals surface area (Å²) in [6.45, 7) is 0.728. The van der Waals surface area contributed by atoms with Crippen LogP contribution in [0.25, 0.3) is 0 Å². The minimum Gasteiger partial charge on any atom is -0.370 e. The van der Waals surface area contributed by atoms with Gasteiger partial charge in [0.25, 0.3) is 5.91 Å². The molecule has 4 nitrogen and oxygen atoms in total. The van der Waals surface area contributed by atoms with Crippen molar-refractivity contribution in [3.8, 4) is 0 Å². The number of nitrogens with one attached hydrogen (secondary N) is 1. The fourth-order valence-electron chi connectivity index (χ4n) is 2.51. The molecular weight excluding hydrogens is 369 g/mol. The maximum atomic E-state index is 12.5. The van der Waals surface area contributed by atoms with Crippen molar-refractivity contribution in [3.63, 3.8) is 0 Å². The molecule has 6 heteroatoms. The molecule has 26 heavy (non-hydrogen) atoms. The van der Waals surface area contributed by atoms with Crippen LogP contribution in [0.3, 0.4) is 0 Å². The number of anilines is 2. The van der Waals surface area contributed by atoms with Gasteiger partial charge in [0.2, 0.25) is 0 Å². The van der Waals surface area contributed by atoms with E-state index in [1.54, 1.807) is 30.5 Å². The summed E-state index contributed by atoms with van der Waals surface area (Å²) in [6.07, 6.45) is 1.62. The number of aromatic nitrogens is 1. The Balaban J connectivity index is 1.76. The van der Waals surface area contributed by atoms with E-state index in [4.69, 9.17) is 23.2 Å². The zero-order valence-corrected chi connectivity index (χ0v) is 15.6. The Labute approximate surface area is 162 Å². The minimum absolute atomic E-state index is 0.304. The Morgan fingerprint density at radius 3 is 2.62 bits per heavy atom. The van der Waals surface area contributed by atoms with Crippen molar-refractivity contribution in [2.45, 2.75) is 6.54 Å². The molecule has 1 N–H and O–H groups in total. The van der Waals surface area contributed by atoms with Crippen LogP contribution in [0.4, 0.5) is 11.4 Å². The molecule has 0 unspecified atom stereocenters. The second-order valence-corrected chi connectivity index (χ2v) is 6.66. The Morgan fingerprint density at radius 1 is 1.08 bits per heavy atom. The van der Waals surface area contributed by atoms with Crippen LogP contribution in [0.2, 0.25) is 10.0 Å². The van der Waals surface area contributed by atoms with Crippen molar-refractivity contribution >= 4 is 40.5 Å². The summed E-state index contributed by atoms with van der Waals surface area (Å²) in [7, 11) is 1.97. The van der Waals surface area contributed by atoms with E-state index in [9.17, 15) is 4.79 Å². The number of benzene rings is 2. The highest BCUT2D eigenvalue weighted by atomic mass is 35.5. The molecule has 2 aromatic carbocycles. The molecule has 0 aliphatic carbocycles. The molecule has 0 saturated carbocycles. The SMILES string of the molecule is CN(Cc1ccccc1)c1ccnc(C(=O)Nc2cc(Cl)ccc2Cl)c1. The topological polar surface area (TPSA) is 45.2 Å². The molecular formula is C20H17Cl2N3O. The number of hydrogen-bond donors (Lipinski definition) is 1. The molecule has 0 aliphatic heterocycles. The quantitative estimate of drug-likeness (QED) is 0.649. The van der Waals surface area contributed by atoms with E-state index in [0.29, 0.717) is 21.4 Å². The molecule has 0 atom stereocenters. The van der Waals surface area contributed by atoms with E-state index >= 15 is 0 Å². The van der Waals surface area contributed by atoms with E-state index < -0.39 is 0 Å². The van der Waals surface area contributed by atoms with Gasteiger partial charge in [-0.15, -0.1) is 0 Å². The van der Waals surface area contributed by atoms with E-state index in [2.05, 4.69) is 27.3 Å². The van der Waals surface area contributed by atoms with Crippen molar-refractivity contribution < 1.29 is 4.79 Å². The van der Waals surface area contributed by atoms with Gasteiger partial charge in [0.1, 0.15) is 5.69 Å². The van der Waals surface area contributed by atoms with Crippen LogP contribution < -0.4 is 10.2 Å². The molecule has 1 aromatic heterocycles. The fraction of sp³-hybridized carbons (Fsp3) is 0.100. The second-order valence-electron chi connectivity index (χ2n) is 5.82. The summed E-state index contributed by atoms with van der Waals surface area (Å²) in [5.41, 5.74) is 2.84. The largest absolute Gasteiger partial charge is 0.370 e. The molecule has 132 valence electrons. The first-order chi connectivity index (χ1) is 12.5. The van der Waals surface area contributed by atoms with Gasteiger partial charge in [0.15, 0.2) is 0 Å². The maximum Gasteiger partial charge on any atom is 0.274 e. The molecule has 3 aromatic rings. The van der Waals surface area contributed by atoms with E-state index in [0.717, 1.165) is 12.2 Å². The lowest BCUT2D eigenvalue weighted by Crippen LogP contribution is -2.19. The highest BCUT2D eigenvalue weighted by molar-refractivity contribution is 6.35. The first kappa shape index (κ1) is 18.2. The summed E-state index contributed by atoms with van der Waals surface area (Å²) >= 11 is 12.1. The molecule has 1 heterocycles. The Hall–Kier alpha value is -2.56. The number of pyridine rings is 1. The average Bonchev–Trinajstić information content (AvgIpc) is 2.65. The van der Waals surface area contributed by atoms with Gasteiger partial charge in [0, 0.05) is 30.5 Å². The van der Waals surface area contributed by atoms with Crippen LogP contribution in [0.15, 0.2) is 66.9 Å². The number of rotatable bonds is 5. The number of carbonyl (C=O) groups is 1. The molecule has 3 rings (SSSR count). The van der Waals surface area contributed by atoms with E-state index in [1.807, 2.05) is 31.3 Å². The smallest absolute Gasteiger partial charge is 0.274 e. The van der Waals surface area contributed by atoms with Crippen LogP contribution in [-0.2, 0) is 6.54 Å². The molecule has 0 fully saturated rings. The lowest BCUT2D eigenvalue weighted by molar-refractivity contribution is 0.102. The highest BCUT2D eigenvalue weighted by Crippen LogP contribution is 2.26. The summed E-state index contributed by atoms with van der Waals surface area (Å²) in [5.74, 6) is -0.343. The van der Waals surface area contributed by atoms with Gasteiger partial charge in [-0.1, -0.05) is 53.5 Å². The number of halogens is 2. The first-order valence-electron chi connectivity index (χ1n) is 8.00. The van der Waals surface area contributed by atoms with Gasteiger partial charge in [-0.3, -0.25) is 9.78 Å². The number of carbonyl (C=O) groups excluding carboxylic acids is 1. The zero-order valence-electron chi connectivity index (χ0n) is 14.1. The third-order valence-electron chi connectivity index (χ3n) is 3.86. The van der Waals surface area contributed by atoms with Crippen LogP contribution in [-0.4, -0.2) is 17.9 Å². The van der Waals surface area contributed by atoms with Gasteiger partial charge in [0.05, 0.1) is 10.7 Å². The second kappa shape index (κ2) is 8.21. The Morgan fingerprint density at radius 2 is 1.85 bits per heavy atom. The number of hydrogen-bond acceptors (Lipinski definition) is 3. The van der Waals surface area contributed by atoms with Crippen molar-refractivity contribution in [3.05, 3.63) is 88.2 Å². The fourth-order valence-corrected chi connectivity index (χ4v) is 2.85. The lowest BCUT2D eigenvalue weighted by atomic mass is 10.2. The molecule has 0 bridgehead atoms. The third-order valence-corrected chi connectivity index (χ3v) is 4.42. The van der Waals surface area contributed by atoms with Crippen molar-refractivity contribution in [2.75, 3.05) is 17.3 Å². The summed E-state index contributed by atoms with van der Waals surface area (Å²) in [5, 5.41) is 3.66. The van der Waals surface area contributed by atoms with Crippen molar-refractivity contribution in [1.29, 1.82) is 0 Å². The van der Waals surface area contributed by atoms with Crippen LogP contribution in [0, 0.1) is 0 Å². The van der Waals surface area contributed by atoms with Crippen LogP contribution in [0.5, 0.6) is 0 Å². The summed E-state index contributed by atoms with van der Waals surface area (Å²) in [6, 6.07) is 18.6. The summed E-state index contributed by atoms with van der Waals surface area (Å²) < 4.78 is 0. The summed E-state index contributed by atoms with van der Waals surface area (Å²) in [4.78, 5) is 18.7. The van der Waals surface area contributed by atoms with Crippen LogP contribution >= 0.6 is 23.2 Å². The first-order valence-corrected chi connectivity index (χ1v) is 8.76. The average molecular weight is 386 g/mol.